The predicted molar refractivity (Wildman–Crippen MR) is 78.6 cm³/mol. The van der Waals surface area contributed by atoms with E-state index in [4.69, 9.17) is 0 Å². The molecule has 2 saturated carbocycles. The van der Waals surface area contributed by atoms with Crippen LogP contribution < -0.4 is 5.32 Å². The summed E-state index contributed by atoms with van der Waals surface area (Å²) in [6.07, 6.45) is 3.92. The average molecular weight is 284 g/mol. The lowest BCUT2D eigenvalue weighted by atomic mass is 9.94. The summed E-state index contributed by atoms with van der Waals surface area (Å²) in [4.78, 5) is 12.3. The van der Waals surface area contributed by atoms with Crippen LogP contribution in [0.4, 0.5) is 0 Å². The smallest absolute Gasteiger partial charge is 0.251 e. The highest BCUT2D eigenvalue weighted by atomic mass is 16.3. The average Bonchev–Trinajstić information content (AvgIpc) is 3.40. The summed E-state index contributed by atoms with van der Waals surface area (Å²) in [5.41, 5.74) is 0.726. The molecule has 0 heterocycles. The maximum Gasteiger partial charge on any atom is 0.251 e. The second-order valence-electron chi connectivity index (χ2n) is 6.58. The number of nitrogens with zero attached hydrogens (tertiary/aromatic N) is 1. The summed E-state index contributed by atoms with van der Waals surface area (Å²) in [6, 6.07) is 9.64. The highest BCUT2D eigenvalue weighted by Crippen LogP contribution is 2.47. The lowest BCUT2D eigenvalue weighted by Gasteiger charge is -2.28. The number of benzene rings is 1. The minimum Gasteiger partial charge on any atom is -0.394 e. The lowest BCUT2D eigenvalue weighted by molar-refractivity contribution is 0.0824. The Balaban J connectivity index is 1.72. The van der Waals surface area contributed by atoms with Gasteiger partial charge in [-0.05, 0) is 56.2 Å². The van der Waals surface area contributed by atoms with Gasteiger partial charge in [0.1, 0.15) is 0 Å². The molecule has 0 bridgehead atoms. The maximum atomic E-state index is 12.3. The number of aliphatic hydroxyl groups excluding tert-OH is 1. The Kier molecular flexibility index (Phi) is 3.26. The monoisotopic (exact) mass is 284 g/mol. The van der Waals surface area contributed by atoms with Gasteiger partial charge in [0, 0.05) is 5.56 Å². The van der Waals surface area contributed by atoms with E-state index in [0.29, 0.717) is 11.5 Å². The molecule has 110 valence electrons. The molecule has 2 aliphatic rings. The number of nitriles is 1. The van der Waals surface area contributed by atoms with Crippen molar-refractivity contribution in [2.75, 3.05) is 6.61 Å². The Morgan fingerprint density at radius 3 is 2.48 bits per heavy atom. The van der Waals surface area contributed by atoms with Crippen LogP contribution in [0.25, 0.3) is 0 Å². The van der Waals surface area contributed by atoms with Crippen molar-refractivity contribution in [3.8, 4) is 6.07 Å². The minimum absolute atomic E-state index is 0.0426. The van der Waals surface area contributed by atoms with Crippen molar-refractivity contribution in [1.29, 1.82) is 5.26 Å². The number of nitrogens with one attached hydrogen (secondary N) is 1. The van der Waals surface area contributed by atoms with Gasteiger partial charge in [0.15, 0.2) is 0 Å². The number of aliphatic hydroxyl groups is 1. The van der Waals surface area contributed by atoms with Crippen LogP contribution in [0.15, 0.2) is 24.3 Å². The molecular weight excluding hydrogens is 264 g/mol. The summed E-state index contributed by atoms with van der Waals surface area (Å²) in [5.74, 6) is 0.214. The molecular formula is C17H20N2O2. The van der Waals surface area contributed by atoms with Gasteiger partial charge >= 0.3 is 0 Å². The summed E-state index contributed by atoms with van der Waals surface area (Å²) in [5, 5.41) is 21.7. The number of hydrogen-bond acceptors (Lipinski definition) is 3. The molecule has 1 atom stereocenters. The van der Waals surface area contributed by atoms with Crippen molar-refractivity contribution in [2.45, 2.75) is 43.6 Å². The van der Waals surface area contributed by atoms with E-state index in [0.717, 1.165) is 31.2 Å². The molecule has 0 saturated heterocycles. The van der Waals surface area contributed by atoms with Gasteiger partial charge in [-0.25, -0.2) is 0 Å². The van der Waals surface area contributed by atoms with Crippen LogP contribution in [0.1, 0.15) is 48.5 Å². The van der Waals surface area contributed by atoms with Gasteiger partial charge in [-0.15, -0.1) is 0 Å². The van der Waals surface area contributed by atoms with Crippen molar-refractivity contribution in [1.82, 2.24) is 5.32 Å². The lowest BCUT2D eigenvalue weighted by Crippen LogP contribution is -2.50. The van der Waals surface area contributed by atoms with Crippen LogP contribution >= 0.6 is 0 Å². The third-order valence-electron chi connectivity index (χ3n) is 4.87. The van der Waals surface area contributed by atoms with Gasteiger partial charge in [0.2, 0.25) is 0 Å². The van der Waals surface area contributed by atoms with Crippen molar-refractivity contribution < 1.29 is 9.90 Å². The summed E-state index contributed by atoms with van der Waals surface area (Å²) in [7, 11) is 0. The van der Waals surface area contributed by atoms with Crippen molar-refractivity contribution >= 4 is 5.91 Å². The Labute approximate surface area is 124 Å². The highest BCUT2D eigenvalue weighted by Gasteiger charge is 2.45. The van der Waals surface area contributed by atoms with Gasteiger partial charge in [-0.2, -0.15) is 5.26 Å². The molecule has 2 aliphatic carbocycles. The molecule has 2 fully saturated rings. The first-order valence-electron chi connectivity index (χ1n) is 7.48. The Hall–Kier alpha value is -1.86. The Morgan fingerprint density at radius 1 is 1.43 bits per heavy atom. The fraction of sp³-hybridized carbons (Fsp3) is 0.529. The van der Waals surface area contributed by atoms with Crippen molar-refractivity contribution in [3.63, 3.8) is 0 Å². The molecule has 0 aromatic heterocycles. The van der Waals surface area contributed by atoms with E-state index in [-0.39, 0.29) is 17.9 Å². The van der Waals surface area contributed by atoms with Crippen LogP contribution in [0, 0.1) is 17.2 Å². The highest BCUT2D eigenvalue weighted by molar-refractivity contribution is 5.94. The van der Waals surface area contributed by atoms with Crippen LogP contribution in [0.3, 0.4) is 0 Å². The van der Waals surface area contributed by atoms with E-state index in [1.165, 1.54) is 0 Å². The summed E-state index contributed by atoms with van der Waals surface area (Å²) < 4.78 is 0. The Bertz CT molecular complexity index is 594. The first-order chi connectivity index (χ1) is 10.0. The molecule has 4 nitrogen and oxygen atoms in total. The molecule has 0 radical (unpaired) electrons. The minimum atomic E-state index is -0.528. The molecule has 1 aromatic rings. The van der Waals surface area contributed by atoms with Gasteiger partial charge < -0.3 is 10.4 Å². The molecule has 3 rings (SSSR count). The number of carbonyl (C=O) groups excluding carboxylic acids is 1. The van der Waals surface area contributed by atoms with Gasteiger partial charge in [-0.1, -0.05) is 12.1 Å². The molecule has 1 amide bonds. The zero-order valence-electron chi connectivity index (χ0n) is 12.2. The molecule has 1 unspecified atom stereocenters. The van der Waals surface area contributed by atoms with E-state index in [1.54, 1.807) is 12.1 Å². The van der Waals surface area contributed by atoms with Crippen LogP contribution in [-0.4, -0.2) is 23.2 Å². The van der Waals surface area contributed by atoms with E-state index < -0.39 is 5.54 Å². The largest absolute Gasteiger partial charge is 0.394 e. The van der Waals surface area contributed by atoms with E-state index in [1.807, 2.05) is 19.1 Å². The quantitative estimate of drug-likeness (QED) is 0.870. The molecule has 2 N–H and O–H groups in total. The first kappa shape index (κ1) is 14.1. The first-order valence-corrected chi connectivity index (χ1v) is 7.48. The van der Waals surface area contributed by atoms with Crippen LogP contribution in [-0.2, 0) is 5.41 Å². The fourth-order valence-corrected chi connectivity index (χ4v) is 2.85. The van der Waals surface area contributed by atoms with Gasteiger partial charge in [0.25, 0.3) is 5.91 Å². The predicted octanol–water partition coefficient (Wildman–Crippen LogP) is 2.13. The maximum absolute atomic E-state index is 12.3. The van der Waals surface area contributed by atoms with E-state index in [2.05, 4.69) is 11.4 Å². The third kappa shape index (κ3) is 2.54. The molecule has 0 aliphatic heterocycles. The van der Waals surface area contributed by atoms with Crippen molar-refractivity contribution in [3.05, 3.63) is 35.4 Å². The van der Waals surface area contributed by atoms with E-state index >= 15 is 0 Å². The molecule has 21 heavy (non-hydrogen) atoms. The molecule has 1 aromatic carbocycles. The fourth-order valence-electron chi connectivity index (χ4n) is 2.85. The number of hydrogen-bond donors (Lipinski definition) is 2. The molecule has 0 spiro atoms. The second kappa shape index (κ2) is 4.85. The second-order valence-corrected chi connectivity index (χ2v) is 6.58. The van der Waals surface area contributed by atoms with Crippen LogP contribution in [0.2, 0.25) is 0 Å². The third-order valence-corrected chi connectivity index (χ3v) is 4.87. The van der Waals surface area contributed by atoms with Gasteiger partial charge in [-0.3, -0.25) is 4.79 Å². The topological polar surface area (TPSA) is 73.1 Å². The summed E-state index contributed by atoms with van der Waals surface area (Å²) in [6.45, 7) is 1.85. The molecule has 4 heteroatoms. The Morgan fingerprint density at radius 2 is 2.05 bits per heavy atom. The van der Waals surface area contributed by atoms with E-state index in [9.17, 15) is 15.2 Å². The number of rotatable bonds is 5. The number of carbonyl (C=O) groups is 1. The van der Waals surface area contributed by atoms with Gasteiger partial charge in [0.05, 0.1) is 23.6 Å². The zero-order chi connectivity index (χ0) is 15.1. The van der Waals surface area contributed by atoms with Crippen LogP contribution in [0.5, 0.6) is 0 Å². The van der Waals surface area contributed by atoms with Crippen molar-refractivity contribution in [2.24, 2.45) is 5.92 Å². The standard InChI is InChI=1S/C17H20N2O2/c1-16(11-20,13-6-7-13)19-15(21)12-2-4-14(5-3-12)17(10-18)8-9-17/h2-5,13,20H,6-9,11H2,1H3,(H,19,21). The number of amides is 1. The normalized spacial score (nSPS) is 22.0. The zero-order valence-corrected chi connectivity index (χ0v) is 12.2. The SMILES string of the molecule is CC(CO)(NC(=O)c1ccc(C2(C#N)CC2)cc1)C1CC1. The summed E-state index contributed by atoms with van der Waals surface area (Å²) >= 11 is 0.